The van der Waals surface area contributed by atoms with Gasteiger partial charge in [0.2, 0.25) is 11.8 Å². The van der Waals surface area contributed by atoms with Gasteiger partial charge in [-0.3, -0.25) is 14.3 Å². The van der Waals surface area contributed by atoms with Crippen LogP contribution in [-0.4, -0.2) is 47.2 Å². The van der Waals surface area contributed by atoms with Crippen molar-refractivity contribution < 1.29 is 14.3 Å². The van der Waals surface area contributed by atoms with Gasteiger partial charge in [0.05, 0.1) is 38.2 Å². The van der Waals surface area contributed by atoms with Crippen molar-refractivity contribution in [3.8, 4) is 5.75 Å². The van der Waals surface area contributed by atoms with Crippen molar-refractivity contribution >= 4 is 11.8 Å². The van der Waals surface area contributed by atoms with E-state index in [2.05, 4.69) is 10.4 Å². The van der Waals surface area contributed by atoms with Crippen LogP contribution in [0.3, 0.4) is 0 Å². The lowest BCUT2D eigenvalue weighted by Gasteiger charge is -2.33. The Morgan fingerprint density at radius 2 is 2.20 bits per heavy atom. The third kappa shape index (κ3) is 3.81. The third-order valence-corrected chi connectivity index (χ3v) is 4.42. The van der Waals surface area contributed by atoms with E-state index in [1.165, 1.54) is 0 Å². The number of methoxy groups -OCH3 is 1. The molecule has 0 radical (unpaired) electrons. The van der Waals surface area contributed by atoms with E-state index in [0.29, 0.717) is 25.9 Å². The molecule has 2 heterocycles. The van der Waals surface area contributed by atoms with Gasteiger partial charge in [0.25, 0.3) is 0 Å². The zero-order valence-corrected chi connectivity index (χ0v) is 14.4. The molecule has 1 aromatic heterocycles. The van der Waals surface area contributed by atoms with Crippen molar-refractivity contribution in [1.29, 1.82) is 0 Å². The number of aromatic nitrogens is 2. The summed E-state index contributed by atoms with van der Waals surface area (Å²) in [6.45, 7) is 0.984. The lowest BCUT2D eigenvalue weighted by Crippen LogP contribution is -2.43. The van der Waals surface area contributed by atoms with E-state index < -0.39 is 0 Å². The molecule has 7 heteroatoms. The van der Waals surface area contributed by atoms with Crippen LogP contribution in [0.25, 0.3) is 0 Å². The summed E-state index contributed by atoms with van der Waals surface area (Å²) in [7, 11) is 3.22. The number of carbonyl (C=O) groups is 2. The summed E-state index contributed by atoms with van der Waals surface area (Å²) in [6, 6.07) is 9.26. The lowest BCUT2D eigenvalue weighted by atomic mass is 10.1. The number of hydrogen-bond acceptors (Lipinski definition) is 4. The van der Waals surface area contributed by atoms with E-state index in [9.17, 15) is 9.59 Å². The standard InChI is InChI=1S/C18H22N4O3/c1-19-17(23)10-15-12-21(11-14-6-7-20-22(14)15)18(24)9-13-4-3-5-16(8-13)25-2/h3-8,15H,9-12H2,1-2H3,(H,19,23)/t15-/m0/s1. The van der Waals surface area contributed by atoms with Gasteiger partial charge in [-0.25, -0.2) is 0 Å². The molecule has 3 rings (SSSR count). The van der Waals surface area contributed by atoms with Crippen molar-refractivity contribution in [3.05, 3.63) is 47.8 Å². The fourth-order valence-corrected chi connectivity index (χ4v) is 3.11. The first kappa shape index (κ1) is 17.0. The summed E-state index contributed by atoms with van der Waals surface area (Å²) in [5, 5.41) is 6.94. The maximum atomic E-state index is 12.8. The van der Waals surface area contributed by atoms with E-state index in [1.54, 1.807) is 25.3 Å². The number of carbonyl (C=O) groups excluding carboxylic acids is 2. The lowest BCUT2D eigenvalue weighted by molar-refractivity contribution is -0.133. The van der Waals surface area contributed by atoms with Crippen LogP contribution in [0.1, 0.15) is 23.7 Å². The quantitative estimate of drug-likeness (QED) is 0.884. The van der Waals surface area contributed by atoms with Crippen molar-refractivity contribution in [2.24, 2.45) is 0 Å². The second-order valence-corrected chi connectivity index (χ2v) is 6.10. The average molecular weight is 342 g/mol. The Labute approximate surface area is 146 Å². The summed E-state index contributed by atoms with van der Waals surface area (Å²) in [5.41, 5.74) is 1.85. The van der Waals surface area contributed by atoms with Gasteiger partial charge in [0, 0.05) is 19.8 Å². The van der Waals surface area contributed by atoms with Gasteiger partial charge in [-0.05, 0) is 23.8 Å². The molecule has 0 saturated heterocycles. The minimum absolute atomic E-state index is 0.0302. The van der Waals surface area contributed by atoms with Crippen molar-refractivity contribution in [2.45, 2.75) is 25.4 Å². The molecular formula is C18H22N4O3. The van der Waals surface area contributed by atoms with Crippen LogP contribution in [0, 0.1) is 0 Å². The van der Waals surface area contributed by atoms with Crippen molar-refractivity contribution in [1.82, 2.24) is 20.0 Å². The van der Waals surface area contributed by atoms with Gasteiger partial charge in [0.1, 0.15) is 5.75 Å². The van der Waals surface area contributed by atoms with Gasteiger partial charge in [-0.15, -0.1) is 0 Å². The molecule has 0 saturated carbocycles. The van der Waals surface area contributed by atoms with Crippen LogP contribution in [0.2, 0.25) is 0 Å². The Bertz CT molecular complexity index is 771. The molecule has 1 aromatic carbocycles. The summed E-state index contributed by atoms with van der Waals surface area (Å²) < 4.78 is 7.06. The molecule has 0 spiro atoms. The van der Waals surface area contributed by atoms with Crippen LogP contribution in [0.15, 0.2) is 36.5 Å². The van der Waals surface area contributed by atoms with Gasteiger partial charge in [-0.2, -0.15) is 5.10 Å². The van der Waals surface area contributed by atoms with E-state index in [-0.39, 0.29) is 17.9 Å². The maximum absolute atomic E-state index is 12.8. The van der Waals surface area contributed by atoms with E-state index in [1.807, 2.05) is 35.0 Å². The number of ether oxygens (including phenoxy) is 1. The Balaban J connectivity index is 1.73. The first-order chi connectivity index (χ1) is 12.1. The normalized spacial score (nSPS) is 16.2. The molecule has 0 aliphatic carbocycles. The molecule has 25 heavy (non-hydrogen) atoms. The molecule has 1 aliphatic heterocycles. The van der Waals surface area contributed by atoms with Crippen LogP contribution >= 0.6 is 0 Å². The summed E-state index contributed by atoms with van der Waals surface area (Å²) in [4.78, 5) is 26.3. The van der Waals surface area contributed by atoms with Crippen LogP contribution < -0.4 is 10.1 Å². The number of nitrogens with one attached hydrogen (secondary N) is 1. The number of nitrogens with zero attached hydrogens (tertiary/aromatic N) is 3. The largest absolute Gasteiger partial charge is 0.497 e. The van der Waals surface area contributed by atoms with Gasteiger partial charge >= 0.3 is 0 Å². The number of rotatable bonds is 5. The molecule has 1 N–H and O–H groups in total. The summed E-state index contributed by atoms with van der Waals surface area (Å²) >= 11 is 0. The zero-order chi connectivity index (χ0) is 17.8. The van der Waals surface area contributed by atoms with Gasteiger partial charge in [-0.1, -0.05) is 12.1 Å². The molecule has 7 nitrogen and oxygen atoms in total. The topological polar surface area (TPSA) is 76.5 Å². The second-order valence-electron chi connectivity index (χ2n) is 6.10. The highest BCUT2D eigenvalue weighted by Crippen LogP contribution is 2.24. The Hall–Kier alpha value is -2.83. The first-order valence-electron chi connectivity index (χ1n) is 8.24. The molecule has 2 amide bonds. The highest BCUT2D eigenvalue weighted by molar-refractivity contribution is 5.79. The maximum Gasteiger partial charge on any atom is 0.227 e. The molecule has 1 aliphatic rings. The van der Waals surface area contributed by atoms with E-state index in [0.717, 1.165) is 17.0 Å². The van der Waals surface area contributed by atoms with Gasteiger partial charge < -0.3 is 15.0 Å². The number of hydrogen-bond donors (Lipinski definition) is 1. The number of amides is 2. The smallest absolute Gasteiger partial charge is 0.227 e. The zero-order valence-electron chi connectivity index (χ0n) is 14.4. The van der Waals surface area contributed by atoms with Crippen LogP contribution in [0.5, 0.6) is 5.75 Å². The first-order valence-corrected chi connectivity index (χ1v) is 8.24. The van der Waals surface area contributed by atoms with Crippen molar-refractivity contribution in [3.63, 3.8) is 0 Å². The predicted molar refractivity (Wildman–Crippen MR) is 92.1 cm³/mol. The molecule has 0 bridgehead atoms. The summed E-state index contributed by atoms with van der Waals surface area (Å²) in [6.07, 6.45) is 2.31. The fourth-order valence-electron chi connectivity index (χ4n) is 3.11. The molecule has 0 fully saturated rings. The molecule has 132 valence electrons. The average Bonchev–Trinajstić information content (AvgIpc) is 3.10. The summed E-state index contributed by atoms with van der Waals surface area (Å²) in [5.74, 6) is 0.704. The predicted octanol–water partition coefficient (Wildman–Crippen LogP) is 1.15. The Morgan fingerprint density at radius 3 is 2.96 bits per heavy atom. The van der Waals surface area contributed by atoms with Gasteiger partial charge in [0.15, 0.2) is 0 Å². The van der Waals surface area contributed by atoms with E-state index >= 15 is 0 Å². The fraction of sp³-hybridized carbons (Fsp3) is 0.389. The van der Waals surface area contributed by atoms with Crippen LogP contribution in [-0.2, 0) is 22.6 Å². The highest BCUT2D eigenvalue weighted by Gasteiger charge is 2.29. The molecule has 1 atom stereocenters. The van der Waals surface area contributed by atoms with Crippen LogP contribution in [0.4, 0.5) is 0 Å². The SMILES string of the molecule is CNC(=O)C[C@H]1CN(C(=O)Cc2cccc(OC)c2)Cc2ccnn21. The van der Waals surface area contributed by atoms with Crippen molar-refractivity contribution in [2.75, 3.05) is 20.7 Å². The number of benzene rings is 1. The second kappa shape index (κ2) is 7.38. The monoisotopic (exact) mass is 342 g/mol. The van der Waals surface area contributed by atoms with E-state index in [4.69, 9.17) is 4.74 Å². The minimum atomic E-state index is -0.145. The number of fused-ring (bicyclic) bond motifs is 1. The highest BCUT2D eigenvalue weighted by atomic mass is 16.5. The Morgan fingerprint density at radius 1 is 1.36 bits per heavy atom. The Kier molecular flexibility index (Phi) is 5.02. The molecular weight excluding hydrogens is 320 g/mol. The molecule has 2 aromatic rings. The third-order valence-electron chi connectivity index (χ3n) is 4.42. The minimum Gasteiger partial charge on any atom is -0.497 e. The molecule has 0 unspecified atom stereocenters.